The van der Waals surface area contributed by atoms with Crippen LogP contribution in [0.2, 0.25) is 0 Å². The standard InChI is InChI=1S/C23H24N6O2S2/c1-13-12-17(27-28-20(13)26-22-24-15-10-6-7-11-16(15)32-22)29(2)23-25-18(21(30)31)19(33-23)14-8-4-3-5-9-14/h6-7,10-12,14H,3-5,8-9H2,1-2H3,(H,30,31)(H,24,26,28). The monoisotopic (exact) mass is 480 g/mol. The van der Waals surface area contributed by atoms with Gasteiger partial charge < -0.3 is 15.3 Å². The molecule has 1 saturated carbocycles. The number of thiazole rings is 2. The average Bonchev–Trinajstić information content (AvgIpc) is 3.45. The molecule has 1 aliphatic carbocycles. The predicted octanol–water partition coefficient (Wildman–Crippen LogP) is 6.11. The van der Waals surface area contributed by atoms with Gasteiger partial charge in [0, 0.05) is 11.9 Å². The molecule has 1 aromatic carbocycles. The number of carboxylic acids is 1. The van der Waals surface area contributed by atoms with Gasteiger partial charge in [0.05, 0.1) is 10.2 Å². The van der Waals surface area contributed by atoms with Crippen molar-refractivity contribution >= 4 is 60.8 Å². The zero-order valence-corrected chi connectivity index (χ0v) is 20.0. The van der Waals surface area contributed by atoms with Crippen molar-refractivity contribution in [3.8, 4) is 0 Å². The number of fused-ring (bicyclic) bond motifs is 1. The van der Waals surface area contributed by atoms with Crippen molar-refractivity contribution in [1.82, 2.24) is 20.2 Å². The Bertz CT molecular complexity index is 1280. The van der Waals surface area contributed by atoms with Crippen LogP contribution in [0, 0.1) is 6.92 Å². The molecule has 3 aromatic heterocycles. The molecular weight excluding hydrogens is 456 g/mol. The molecule has 10 heteroatoms. The minimum atomic E-state index is -0.968. The van der Waals surface area contributed by atoms with E-state index in [1.165, 1.54) is 17.8 Å². The first kappa shape index (κ1) is 21.7. The number of hydrogen-bond donors (Lipinski definition) is 2. The summed E-state index contributed by atoms with van der Waals surface area (Å²) < 4.78 is 1.11. The van der Waals surface area contributed by atoms with Crippen molar-refractivity contribution in [2.75, 3.05) is 17.3 Å². The number of para-hydroxylation sites is 1. The molecule has 0 aliphatic heterocycles. The molecule has 2 N–H and O–H groups in total. The zero-order chi connectivity index (χ0) is 22.9. The van der Waals surface area contributed by atoms with Crippen LogP contribution in [0.1, 0.15) is 59.0 Å². The van der Waals surface area contributed by atoms with Gasteiger partial charge in [-0.3, -0.25) is 0 Å². The van der Waals surface area contributed by atoms with Crippen LogP contribution in [0.5, 0.6) is 0 Å². The normalized spacial score (nSPS) is 14.5. The number of nitrogens with zero attached hydrogens (tertiary/aromatic N) is 5. The average molecular weight is 481 g/mol. The Hall–Kier alpha value is -3.11. The van der Waals surface area contributed by atoms with Gasteiger partial charge in [-0.1, -0.05) is 42.7 Å². The first-order valence-electron chi connectivity index (χ1n) is 10.9. The van der Waals surface area contributed by atoms with Crippen LogP contribution in [0.4, 0.5) is 21.9 Å². The lowest BCUT2D eigenvalue weighted by molar-refractivity contribution is 0.0689. The second-order valence-corrected chi connectivity index (χ2v) is 10.3. The number of aromatic nitrogens is 4. The lowest BCUT2D eigenvalue weighted by atomic mass is 9.87. The van der Waals surface area contributed by atoms with Gasteiger partial charge >= 0.3 is 5.97 Å². The van der Waals surface area contributed by atoms with Crippen molar-refractivity contribution in [2.24, 2.45) is 0 Å². The highest BCUT2D eigenvalue weighted by atomic mass is 32.1. The molecule has 0 bridgehead atoms. The molecule has 8 nitrogen and oxygen atoms in total. The van der Waals surface area contributed by atoms with Gasteiger partial charge in [0.2, 0.25) is 0 Å². The number of anilines is 4. The number of rotatable bonds is 6. The molecule has 33 heavy (non-hydrogen) atoms. The van der Waals surface area contributed by atoms with Crippen LogP contribution in [0.15, 0.2) is 30.3 Å². The molecule has 0 unspecified atom stereocenters. The van der Waals surface area contributed by atoms with E-state index in [1.807, 2.05) is 49.2 Å². The van der Waals surface area contributed by atoms with Gasteiger partial charge in [-0.2, -0.15) is 0 Å². The number of nitrogens with one attached hydrogen (secondary N) is 1. The highest BCUT2D eigenvalue weighted by Gasteiger charge is 2.27. The maximum absolute atomic E-state index is 11.9. The maximum Gasteiger partial charge on any atom is 0.355 e. The van der Waals surface area contributed by atoms with Gasteiger partial charge in [-0.25, -0.2) is 14.8 Å². The van der Waals surface area contributed by atoms with Crippen molar-refractivity contribution in [3.05, 3.63) is 46.5 Å². The van der Waals surface area contributed by atoms with E-state index in [0.717, 1.165) is 51.5 Å². The van der Waals surface area contributed by atoms with E-state index in [2.05, 4.69) is 25.5 Å². The van der Waals surface area contributed by atoms with Crippen molar-refractivity contribution in [2.45, 2.75) is 44.9 Å². The Morgan fingerprint density at radius 2 is 1.91 bits per heavy atom. The van der Waals surface area contributed by atoms with Crippen LogP contribution in [0.25, 0.3) is 10.2 Å². The van der Waals surface area contributed by atoms with E-state index in [0.29, 0.717) is 16.8 Å². The molecule has 170 valence electrons. The third-order valence-corrected chi connectivity index (χ3v) is 8.19. The number of aryl methyl sites for hydroxylation is 1. The van der Waals surface area contributed by atoms with Crippen LogP contribution in [-0.2, 0) is 0 Å². The van der Waals surface area contributed by atoms with E-state index in [-0.39, 0.29) is 11.6 Å². The highest BCUT2D eigenvalue weighted by molar-refractivity contribution is 7.22. The number of carboxylic acid groups (broad SMARTS) is 1. The molecule has 1 aliphatic rings. The van der Waals surface area contributed by atoms with Gasteiger partial charge in [-0.15, -0.1) is 21.5 Å². The maximum atomic E-state index is 11.9. The Balaban J connectivity index is 1.39. The largest absolute Gasteiger partial charge is 0.476 e. The van der Waals surface area contributed by atoms with Gasteiger partial charge in [-0.05, 0) is 49.4 Å². The molecule has 0 saturated heterocycles. The third kappa shape index (κ3) is 4.40. The minimum absolute atomic E-state index is 0.174. The molecule has 1 fully saturated rings. The topological polar surface area (TPSA) is 104 Å². The number of benzene rings is 1. The second kappa shape index (κ2) is 9.03. The summed E-state index contributed by atoms with van der Waals surface area (Å²) in [6, 6.07) is 9.90. The fourth-order valence-corrected chi connectivity index (χ4v) is 6.20. The fourth-order valence-electron chi connectivity index (χ4n) is 4.14. The Labute approximate surface area is 199 Å². The third-order valence-electron chi connectivity index (χ3n) is 5.94. The van der Waals surface area contributed by atoms with Gasteiger partial charge in [0.15, 0.2) is 27.6 Å². The smallest absolute Gasteiger partial charge is 0.355 e. The molecule has 3 heterocycles. The number of carbonyl (C=O) groups is 1. The van der Waals surface area contributed by atoms with Crippen LogP contribution in [-0.4, -0.2) is 38.3 Å². The number of aromatic carboxylic acids is 1. The summed E-state index contributed by atoms with van der Waals surface area (Å²) in [6.07, 6.45) is 5.55. The van der Waals surface area contributed by atoms with E-state index in [9.17, 15) is 9.90 Å². The highest BCUT2D eigenvalue weighted by Crippen LogP contribution is 2.41. The summed E-state index contributed by atoms with van der Waals surface area (Å²) in [4.78, 5) is 23.6. The van der Waals surface area contributed by atoms with E-state index < -0.39 is 5.97 Å². The summed E-state index contributed by atoms with van der Waals surface area (Å²) >= 11 is 3.02. The van der Waals surface area contributed by atoms with E-state index >= 15 is 0 Å². The molecule has 0 spiro atoms. The second-order valence-electron chi connectivity index (χ2n) is 8.25. The van der Waals surface area contributed by atoms with Crippen LogP contribution < -0.4 is 10.2 Å². The first-order chi connectivity index (χ1) is 16.0. The van der Waals surface area contributed by atoms with Gasteiger partial charge in [0.25, 0.3) is 0 Å². The molecular formula is C23H24N6O2S2. The lowest BCUT2D eigenvalue weighted by Gasteiger charge is -2.20. The first-order valence-corrected chi connectivity index (χ1v) is 12.6. The van der Waals surface area contributed by atoms with Gasteiger partial charge in [0.1, 0.15) is 0 Å². The Morgan fingerprint density at radius 1 is 1.12 bits per heavy atom. The van der Waals surface area contributed by atoms with E-state index in [4.69, 9.17) is 0 Å². The minimum Gasteiger partial charge on any atom is -0.476 e. The molecule has 0 radical (unpaired) electrons. The van der Waals surface area contributed by atoms with Crippen molar-refractivity contribution in [3.63, 3.8) is 0 Å². The van der Waals surface area contributed by atoms with Crippen molar-refractivity contribution in [1.29, 1.82) is 0 Å². The summed E-state index contributed by atoms with van der Waals surface area (Å²) in [5, 5.41) is 23.1. The number of hydrogen-bond acceptors (Lipinski definition) is 9. The molecule has 5 rings (SSSR count). The zero-order valence-electron chi connectivity index (χ0n) is 18.4. The molecule has 4 aromatic rings. The Morgan fingerprint density at radius 3 is 2.64 bits per heavy atom. The molecule has 0 atom stereocenters. The molecule has 0 amide bonds. The SMILES string of the molecule is Cc1cc(N(C)c2nc(C(=O)O)c(C3CCCCC3)s2)nnc1Nc1nc2ccccc2s1. The summed E-state index contributed by atoms with van der Waals surface area (Å²) in [5.41, 5.74) is 2.03. The lowest BCUT2D eigenvalue weighted by Crippen LogP contribution is -2.13. The summed E-state index contributed by atoms with van der Waals surface area (Å²) in [5.74, 6) is 0.560. The fraction of sp³-hybridized carbons (Fsp3) is 0.348. The summed E-state index contributed by atoms with van der Waals surface area (Å²) in [7, 11) is 1.85. The Kier molecular flexibility index (Phi) is 5.94. The van der Waals surface area contributed by atoms with Crippen molar-refractivity contribution < 1.29 is 9.90 Å². The van der Waals surface area contributed by atoms with E-state index in [1.54, 1.807) is 11.3 Å². The summed E-state index contributed by atoms with van der Waals surface area (Å²) in [6.45, 7) is 1.96. The quantitative estimate of drug-likeness (QED) is 0.341. The predicted molar refractivity (Wildman–Crippen MR) is 133 cm³/mol. The van der Waals surface area contributed by atoms with Crippen LogP contribution in [0.3, 0.4) is 0 Å². The van der Waals surface area contributed by atoms with Crippen LogP contribution >= 0.6 is 22.7 Å².